The number of esters is 2. The van der Waals surface area contributed by atoms with E-state index >= 15 is 0 Å². The molecule has 51 heteroatoms. The predicted octanol–water partition coefficient (Wildman–Crippen LogP) is 8.54. The smallest absolute Gasteiger partial charge is 0.870 e. The van der Waals surface area contributed by atoms with Gasteiger partial charge in [-0.05, 0) is 95.5 Å². The SMILES string of the molecule is C.C.C.C.C.C.C.C.C.C.C.CCCC(Br)C(=O)OCC.CCCC(C(=O)NC(CCC(N)=O)C(=O)CF)n1cccc([N+](=O)[O-])c1=O.CCCC(C(=O)NC(CCC(N)=O)C(O)CF)n1cccc([N+](=O)[O-])c1=O.CCCC(C(=O)O)n1cccc([N+](=O)[O-])c1=O.CCCC(C(=O)OCC)n1cccc([N+](=O)[O-])c1=O.NC(=O)CCC(N)C(O)CF.O=c1[nH]cccc1[N+](=O)[O-].[Na+].[OH-]. The van der Waals surface area contributed by atoms with E-state index in [2.05, 4.69) is 31.5 Å². The van der Waals surface area contributed by atoms with Crippen LogP contribution in [0.25, 0.3) is 0 Å². The van der Waals surface area contributed by atoms with Gasteiger partial charge in [-0.2, -0.15) is 0 Å². The number of primary amides is 3. The Balaban J connectivity index is -0.0000000961. The Labute approximate surface area is 810 Å². The van der Waals surface area contributed by atoms with Gasteiger partial charge in [0.25, 0.3) is 0 Å². The number of carbonyl (C=O) groups is 9. The second kappa shape index (κ2) is 85.5. The summed E-state index contributed by atoms with van der Waals surface area (Å²) in [4.78, 5) is 213. The molecule has 0 aliphatic heterocycles. The van der Waals surface area contributed by atoms with E-state index in [0.717, 1.165) is 61.4 Å². The number of carboxylic acid groups (broad SMARTS) is 1. The molecule has 0 bridgehead atoms. The summed E-state index contributed by atoms with van der Waals surface area (Å²) in [5.41, 5.74) is 12.9. The number of hydrogen-bond donors (Lipinski definition) is 10. The fourth-order valence-electron chi connectivity index (χ4n) is 10.2. The number of halogens is 4. The van der Waals surface area contributed by atoms with Crippen molar-refractivity contribution in [3.05, 3.63) is 194 Å². The van der Waals surface area contributed by atoms with Crippen LogP contribution < -0.4 is 90.9 Å². The Hall–Kier alpha value is -11.7. The van der Waals surface area contributed by atoms with Crippen molar-refractivity contribution in [2.24, 2.45) is 22.9 Å². The molecule has 5 aromatic heterocycles. The number of nitrogens with zero attached hydrogens (tertiary/aromatic N) is 9. The zero-order valence-corrected chi connectivity index (χ0v) is 72.1. The van der Waals surface area contributed by atoms with Gasteiger partial charge >= 0.3 is 104 Å². The molecule has 5 amide bonds. The number of hydrogen-bond acceptors (Lipinski definition) is 30. The Morgan fingerprint density at radius 3 is 1.04 bits per heavy atom. The minimum Gasteiger partial charge on any atom is -0.870 e. The molecule has 46 nitrogen and oxygen atoms in total. The Bertz CT molecular complexity index is 4570. The topological polar surface area (TPSA) is 727 Å². The van der Waals surface area contributed by atoms with E-state index in [0.29, 0.717) is 38.7 Å². The first-order valence-electron chi connectivity index (χ1n) is 37.2. The fourth-order valence-corrected chi connectivity index (χ4v) is 10.8. The Morgan fingerprint density at radius 2 is 0.746 bits per heavy atom. The predicted molar refractivity (Wildman–Crippen MR) is 505 cm³/mol. The van der Waals surface area contributed by atoms with Crippen LogP contribution in [0.3, 0.4) is 0 Å². The number of pyridine rings is 5. The third-order valence-electron chi connectivity index (χ3n) is 16.3. The zero-order chi connectivity index (χ0) is 92.9. The molecule has 10 unspecified atom stereocenters. The number of aliphatic hydroxyl groups excluding tert-OH is 2. The molecule has 134 heavy (non-hydrogen) atoms. The largest absolute Gasteiger partial charge is 1.00 e. The molecule has 15 N–H and O–H groups in total. The van der Waals surface area contributed by atoms with Crippen LogP contribution >= 0.6 is 15.9 Å². The third-order valence-corrected chi connectivity index (χ3v) is 17.1. The number of carboxylic acids is 1. The Morgan fingerprint density at radius 1 is 0.448 bits per heavy atom. The molecule has 0 radical (unpaired) electrons. The van der Waals surface area contributed by atoms with E-state index in [-0.39, 0.29) is 192 Å². The number of nitrogens with two attached hydrogens (primary N) is 4. The number of H-pyrrole nitrogens is 1. The van der Waals surface area contributed by atoms with Gasteiger partial charge in [0.2, 0.25) is 29.5 Å². The summed E-state index contributed by atoms with van der Waals surface area (Å²) in [6.45, 7) is 9.90. The fraction of sp³-hybridized carbons (Fsp3) is 0.590. The molecule has 5 rings (SSSR count). The number of amides is 5. The van der Waals surface area contributed by atoms with Crippen molar-refractivity contribution in [3.63, 3.8) is 0 Å². The number of aliphatic carboxylic acids is 1. The van der Waals surface area contributed by atoms with Crippen LogP contribution in [0.5, 0.6) is 0 Å². The summed E-state index contributed by atoms with van der Waals surface area (Å²) in [5.74, 6) is -6.21. The first-order valence-corrected chi connectivity index (χ1v) is 38.1. The number of ether oxygens (including phenoxy) is 2. The molecule has 0 aliphatic rings. The van der Waals surface area contributed by atoms with Crippen molar-refractivity contribution in [1.82, 2.24) is 33.9 Å². The number of alkyl halides is 4. The number of nitrogens with one attached hydrogen (secondary N) is 3. The van der Waals surface area contributed by atoms with E-state index in [4.69, 9.17) is 42.6 Å². The van der Waals surface area contributed by atoms with Crippen LogP contribution in [0.15, 0.2) is 116 Å². The number of carbonyl (C=O) groups excluding carboxylic acids is 8. The standard InChI is InChI=1S/C16H23FN4O6.C16H21FN4O6.C12H16N2O5.C10H12N2O5.C7H13BrO2.C6H13FN2O2.C5H4N2O3.11CH4.Na.H2O/c2*1-2-4-11(20-8-3-5-12(16(20)25)21(26)27)15(24)19-10(13(22)9-17)6-7-14(18)23;1-3-6-10(12(16)19-4-2)13-8-5-7-9(11(13)15)14(17)18;1-2-4-8(10(14)15)11-6-3-5-7(9(11)13)12(16)17;1-3-5-6(8)7(9)10-4-2;7-3-5(10)4(8)1-2-6(9)11;8-5-4(7(9)10)2-1-3-6-5;;;;;;;;;;;;;/h3,5,8,10-11,13,22H,2,4,6-7,9H2,1H3,(H2,18,23)(H,19,24);3,5,8,10-11H,2,4,6-7,9H2,1H3,(H2,18,23)(H,19,24);5,7-8,10H,3-4,6H2,1-2H3;3,5-6,8H,2,4H2,1H3,(H,14,15);6H,3-5H2,1-2H3;4-5,10H,1-3,8H2,(H2,9,11);1-3H,(H,6,8);11*1H4;;1H2/q;;;;;;;;;;;;;;;;;;+1;/p-1. The van der Waals surface area contributed by atoms with Gasteiger partial charge in [0.15, 0.2) is 5.78 Å². The molecule has 0 aliphatic carbocycles. The first kappa shape index (κ1) is 156. The van der Waals surface area contributed by atoms with Crippen molar-refractivity contribution in [3.8, 4) is 0 Å². The van der Waals surface area contributed by atoms with Crippen LogP contribution in [0.4, 0.5) is 41.6 Å². The maximum Gasteiger partial charge on any atom is 1.00 e. The molecule has 10 atom stereocenters. The average Bonchev–Trinajstić information content (AvgIpc) is 0.828. The molecule has 5 heterocycles. The van der Waals surface area contributed by atoms with Gasteiger partial charge in [-0.3, -0.25) is 126 Å². The summed E-state index contributed by atoms with van der Waals surface area (Å²) in [6, 6.07) is 4.79. The van der Waals surface area contributed by atoms with Gasteiger partial charge in [0.05, 0.1) is 56.0 Å². The van der Waals surface area contributed by atoms with Gasteiger partial charge in [-0.25, -0.2) is 22.8 Å². The molecule has 768 valence electrons. The van der Waals surface area contributed by atoms with E-state index < -0.39 is 203 Å². The van der Waals surface area contributed by atoms with Gasteiger partial charge in [0, 0.05) is 86.6 Å². The van der Waals surface area contributed by atoms with Crippen molar-refractivity contribution in [2.45, 2.75) is 292 Å². The number of nitro groups is 5. The van der Waals surface area contributed by atoms with Crippen LogP contribution in [0, 0.1) is 50.6 Å². The zero-order valence-electron chi connectivity index (χ0n) is 68.5. The van der Waals surface area contributed by atoms with E-state index in [1.807, 2.05) is 20.8 Å². The van der Waals surface area contributed by atoms with E-state index in [1.165, 1.54) is 61.3 Å². The van der Waals surface area contributed by atoms with Crippen molar-refractivity contribution < 1.29 is 141 Å². The first-order chi connectivity index (χ1) is 57.0. The molecular weight excluding hydrogens is 1860 g/mol. The second-order valence-corrected chi connectivity index (χ2v) is 26.4. The number of ketones is 1. The monoisotopic (exact) mass is 2010 g/mol. The van der Waals surface area contributed by atoms with Gasteiger partial charge in [-0.1, -0.05) is 164 Å². The van der Waals surface area contributed by atoms with Crippen LogP contribution in [-0.4, -0.2) is 190 Å². The Kier molecular flexibility index (Phi) is 99.7. The van der Waals surface area contributed by atoms with Gasteiger partial charge in [0.1, 0.15) is 55.1 Å². The molecule has 0 fully saturated rings. The quantitative estimate of drug-likeness (QED) is 0.00574. The van der Waals surface area contributed by atoms with Crippen molar-refractivity contribution in [1.29, 1.82) is 0 Å². The summed E-state index contributed by atoms with van der Waals surface area (Å²) in [5, 5.41) is 85.4. The van der Waals surface area contributed by atoms with Crippen LogP contribution in [0.1, 0.15) is 257 Å². The third kappa shape index (κ3) is 57.0. The molecule has 5 aromatic rings. The molecule has 0 aromatic carbocycles. The minimum atomic E-state index is -1.56. The normalized spacial score (nSPS) is 11.6. The van der Waals surface area contributed by atoms with E-state index in [1.54, 1.807) is 27.7 Å². The second-order valence-electron chi connectivity index (χ2n) is 25.3. The average molecular weight is 2010 g/mol. The van der Waals surface area contributed by atoms with Gasteiger partial charge < -0.3 is 68.8 Å². The van der Waals surface area contributed by atoms with E-state index in [9.17, 15) is 136 Å². The number of aromatic amines is 1. The maximum atomic E-state index is 12.8. The molecule has 0 spiro atoms. The summed E-state index contributed by atoms with van der Waals surface area (Å²) in [7, 11) is 0. The van der Waals surface area contributed by atoms with Crippen LogP contribution in [-0.2, 0) is 52.6 Å². The number of rotatable bonds is 43. The van der Waals surface area contributed by atoms with Crippen molar-refractivity contribution in [2.75, 3.05) is 33.2 Å². The summed E-state index contributed by atoms with van der Waals surface area (Å²) < 4.78 is 50.8. The number of Topliss-reactive ketones (excluding diaryl/α,β-unsaturated/α-hetero) is 1. The number of aromatic nitrogens is 5. The molecule has 0 saturated heterocycles. The van der Waals surface area contributed by atoms with Crippen molar-refractivity contribution >= 4 is 97.6 Å². The molecule has 0 saturated carbocycles. The molecular formula is C83H147BrF3N16NaO30. The number of aliphatic hydroxyl groups is 2. The van der Waals surface area contributed by atoms with Gasteiger partial charge in [-0.15, -0.1) is 0 Å². The summed E-state index contributed by atoms with van der Waals surface area (Å²) >= 11 is 3.23. The minimum absolute atomic E-state index is 0. The van der Waals surface area contributed by atoms with Crippen LogP contribution in [0.2, 0.25) is 0 Å². The maximum absolute atomic E-state index is 12.8. The summed E-state index contributed by atoms with van der Waals surface area (Å²) in [6.07, 6.45) is 8.25.